The molecule has 1 fully saturated rings. The number of fused-ring (bicyclic) bond motifs is 2. The zero-order valence-electron chi connectivity index (χ0n) is 11.0. The second-order valence-corrected chi connectivity index (χ2v) is 4.81. The molecule has 2 aliphatic heterocycles. The molecule has 0 saturated carbocycles. The maximum Gasteiger partial charge on any atom is 0.130 e. The molecule has 2 aromatic carbocycles. The molecule has 1 saturated heterocycles. The topological polar surface area (TPSA) is 18.5 Å². The van der Waals surface area contributed by atoms with E-state index in [2.05, 4.69) is 24.3 Å². The summed E-state index contributed by atoms with van der Waals surface area (Å²) >= 11 is 0. The lowest BCUT2D eigenvalue weighted by atomic mass is 10.0. The molecule has 0 spiro atoms. The van der Waals surface area contributed by atoms with Crippen LogP contribution in [0.5, 0.6) is 11.5 Å². The fraction of sp³-hybridized carbons (Fsp3) is 0.294. The van der Waals surface area contributed by atoms with Crippen molar-refractivity contribution in [3.63, 3.8) is 0 Å². The monoisotopic (exact) mass is 254 g/mol. The molecular formula is C17H18O2. The fourth-order valence-corrected chi connectivity index (χ4v) is 2.33. The summed E-state index contributed by atoms with van der Waals surface area (Å²) in [7, 11) is 0. The van der Waals surface area contributed by atoms with Crippen molar-refractivity contribution in [2.45, 2.75) is 19.3 Å². The highest BCUT2D eigenvalue weighted by atomic mass is 16.5. The summed E-state index contributed by atoms with van der Waals surface area (Å²) in [6.45, 7) is 2.00. The van der Waals surface area contributed by atoms with Crippen molar-refractivity contribution in [2.75, 3.05) is 13.2 Å². The largest absolute Gasteiger partial charge is 0.457 e. The Kier molecular flexibility index (Phi) is 3.80. The van der Waals surface area contributed by atoms with E-state index in [1.807, 2.05) is 24.3 Å². The average molecular weight is 254 g/mol. The highest BCUT2D eigenvalue weighted by Gasteiger charge is 2.14. The Labute approximate surface area is 114 Å². The van der Waals surface area contributed by atoms with Gasteiger partial charge in [0.2, 0.25) is 0 Å². The lowest BCUT2D eigenvalue weighted by Gasteiger charge is -2.19. The van der Waals surface area contributed by atoms with Crippen LogP contribution in [-0.2, 0) is 11.2 Å². The third-order valence-electron chi connectivity index (χ3n) is 3.37. The Hall–Kier alpha value is -1.80. The predicted molar refractivity (Wildman–Crippen MR) is 75.8 cm³/mol. The predicted octanol–water partition coefficient (Wildman–Crippen LogP) is 4.18. The first kappa shape index (κ1) is 12.2. The number of rotatable bonds is 0. The zero-order valence-corrected chi connectivity index (χ0v) is 11.0. The van der Waals surface area contributed by atoms with Crippen molar-refractivity contribution in [1.82, 2.24) is 0 Å². The summed E-state index contributed by atoms with van der Waals surface area (Å²) in [6, 6.07) is 16.4. The molecule has 4 rings (SSSR count). The second kappa shape index (κ2) is 5.89. The number of hydrogen-bond acceptors (Lipinski definition) is 2. The first-order chi connectivity index (χ1) is 9.43. The van der Waals surface area contributed by atoms with E-state index in [9.17, 15) is 0 Å². The van der Waals surface area contributed by atoms with Crippen LogP contribution in [0.4, 0.5) is 0 Å². The summed E-state index contributed by atoms with van der Waals surface area (Å²) in [5.41, 5.74) is 2.54. The van der Waals surface area contributed by atoms with Gasteiger partial charge in [-0.2, -0.15) is 0 Å². The third-order valence-corrected chi connectivity index (χ3v) is 3.37. The van der Waals surface area contributed by atoms with Crippen LogP contribution in [0.2, 0.25) is 0 Å². The highest BCUT2D eigenvalue weighted by molar-refractivity contribution is 5.49. The lowest BCUT2D eigenvalue weighted by molar-refractivity contribution is 0.198. The van der Waals surface area contributed by atoms with Crippen LogP contribution in [0.25, 0.3) is 0 Å². The van der Waals surface area contributed by atoms with Gasteiger partial charge in [0.1, 0.15) is 11.5 Å². The summed E-state index contributed by atoms with van der Waals surface area (Å²) < 4.78 is 10.7. The minimum absolute atomic E-state index is 0.979. The summed E-state index contributed by atoms with van der Waals surface area (Å²) in [4.78, 5) is 0. The molecule has 2 heterocycles. The van der Waals surface area contributed by atoms with E-state index < -0.39 is 0 Å². The molecule has 0 N–H and O–H groups in total. The Balaban J connectivity index is 0.000000187. The minimum atomic E-state index is 0.979. The Morgan fingerprint density at radius 3 is 1.68 bits per heavy atom. The van der Waals surface area contributed by atoms with Crippen LogP contribution in [-0.4, -0.2) is 13.2 Å². The molecule has 0 unspecified atom stereocenters. The number of ether oxygens (including phenoxy) is 2. The third kappa shape index (κ3) is 2.96. The molecule has 98 valence electrons. The normalized spacial score (nSPS) is 15.6. The van der Waals surface area contributed by atoms with Gasteiger partial charge in [-0.25, -0.2) is 0 Å². The van der Waals surface area contributed by atoms with Gasteiger partial charge in [-0.05, 0) is 36.1 Å². The van der Waals surface area contributed by atoms with Gasteiger partial charge in [0, 0.05) is 19.6 Å². The molecule has 0 aromatic heterocycles. The van der Waals surface area contributed by atoms with Crippen LogP contribution >= 0.6 is 0 Å². The molecule has 2 heteroatoms. The highest BCUT2D eigenvalue weighted by Crippen LogP contribution is 2.35. The maximum atomic E-state index is 5.78. The van der Waals surface area contributed by atoms with Gasteiger partial charge in [0.25, 0.3) is 0 Å². The standard InChI is InChI=1S/C13H10O.C4H8O/c1-3-7-12-10(5-1)9-11-6-2-4-8-13(11)14-12;1-2-4-5-3-1/h1-8H,9H2;1-4H2. The zero-order chi connectivity index (χ0) is 12.9. The van der Waals surface area contributed by atoms with Crippen molar-refractivity contribution in [2.24, 2.45) is 0 Å². The smallest absolute Gasteiger partial charge is 0.130 e. The first-order valence-corrected chi connectivity index (χ1v) is 6.85. The van der Waals surface area contributed by atoms with Gasteiger partial charge in [-0.15, -0.1) is 0 Å². The lowest BCUT2D eigenvalue weighted by Crippen LogP contribution is -2.01. The average Bonchev–Trinajstić information content (AvgIpc) is 3.04. The van der Waals surface area contributed by atoms with E-state index in [1.54, 1.807) is 0 Å². The molecular weight excluding hydrogens is 236 g/mol. The number of benzene rings is 2. The summed E-state index contributed by atoms with van der Waals surface area (Å²) in [5, 5.41) is 0. The van der Waals surface area contributed by atoms with Crippen LogP contribution in [0.1, 0.15) is 24.0 Å². The molecule has 0 aliphatic carbocycles. The van der Waals surface area contributed by atoms with E-state index >= 15 is 0 Å². The van der Waals surface area contributed by atoms with E-state index in [-0.39, 0.29) is 0 Å². The SMILES string of the molecule is C1CCOC1.c1ccc2c(c1)Cc1ccccc1O2. The van der Waals surface area contributed by atoms with Crippen molar-refractivity contribution < 1.29 is 9.47 Å². The fourth-order valence-electron chi connectivity index (χ4n) is 2.33. The van der Waals surface area contributed by atoms with Crippen LogP contribution in [0.3, 0.4) is 0 Å². The van der Waals surface area contributed by atoms with E-state index in [0.717, 1.165) is 31.1 Å². The van der Waals surface area contributed by atoms with Crippen molar-refractivity contribution in [3.8, 4) is 11.5 Å². The Bertz CT molecular complexity index is 449. The molecule has 2 aliphatic rings. The molecule has 0 amide bonds. The molecule has 0 radical (unpaired) electrons. The molecule has 0 atom stereocenters. The molecule has 2 nitrogen and oxygen atoms in total. The minimum Gasteiger partial charge on any atom is -0.457 e. The Morgan fingerprint density at radius 2 is 1.21 bits per heavy atom. The van der Waals surface area contributed by atoms with Crippen LogP contribution in [0.15, 0.2) is 48.5 Å². The summed E-state index contributed by atoms with van der Waals surface area (Å²) in [5.74, 6) is 1.98. The van der Waals surface area contributed by atoms with Crippen LogP contribution in [0, 0.1) is 0 Å². The second-order valence-electron chi connectivity index (χ2n) is 4.81. The first-order valence-electron chi connectivity index (χ1n) is 6.85. The molecule has 0 bridgehead atoms. The maximum absolute atomic E-state index is 5.78. The van der Waals surface area contributed by atoms with E-state index in [1.165, 1.54) is 24.0 Å². The van der Waals surface area contributed by atoms with Crippen LogP contribution < -0.4 is 4.74 Å². The van der Waals surface area contributed by atoms with Crippen molar-refractivity contribution >= 4 is 0 Å². The Morgan fingerprint density at radius 1 is 0.684 bits per heavy atom. The molecule has 2 aromatic rings. The van der Waals surface area contributed by atoms with E-state index in [4.69, 9.17) is 9.47 Å². The van der Waals surface area contributed by atoms with Gasteiger partial charge in [0.15, 0.2) is 0 Å². The van der Waals surface area contributed by atoms with Crippen molar-refractivity contribution in [3.05, 3.63) is 59.7 Å². The van der Waals surface area contributed by atoms with Gasteiger partial charge in [-0.1, -0.05) is 36.4 Å². The van der Waals surface area contributed by atoms with Gasteiger partial charge in [0.05, 0.1) is 0 Å². The quantitative estimate of drug-likeness (QED) is 0.599. The number of para-hydroxylation sites is 2. The molecule has 19 heavy (non-hydrogen) atoms. The summed E-state index contributed by atoms with van der Waals surface area (Å²) in [6.07, 6.45) is 3.53. The van der Waals surface area contributed by atoms with Gasteiger partial charge in [-0.3, -0.25) is 0 Å². The van der Waals surface area contributed by atoms with Crippen molar-refractivity contribution in [1.29, 1.82) is 0 Å². The van der Waals surface area contributed by atoms with Gasteiger partial charge >= 0.3 is 0 Å². The van der Waals surface area contributed by atoms with E-state index in [0.29, 0.717) is 0 Å². The van der Waals surface area contributed by atoms with Gasteiger partial charge < -0.3 is 9.47 Å². The number of hydrogen-bond donors (Lipinski definition) is 0.